The van der Waals surface area contributed by atoms with E-state index in [2.05, 4.69) is 10.6 Å². The number of hydrogen-bond acceptors (Lipinski definition) is 7. The summed E-state index contributed by atoms with van der Waals surface area (Å²) in [4.78, 5) is 52.6. The number of amides is 3. The van der Waals surface area contributed by atoms with Gasteiger partial charge in [-0.3, -0.25) is 19.2 Å². The van der Waals surface area contributed by atoms with Crippen molar-refractivity contribution >= 4 is 23.7 Å². The van der Waals surface area contributed by atoms with Gasteiger partial charge in [0.25, 0.3) is 0 Å². The Kier molecular flexibility index (Phi) is 12.1. The van der Waals surface area contributed by atoms with Gasteiger partial charge in [-0.15, -0.1) is 0 Å². The van der Waals surface area contributed by atoms with Crippen LogP contribution in [0.15, 0.2) is 30.3 Å². The summed E-state index contributed by atoms with van der Waals surface area (Å²) >= 11 is 0. The highest BCUT2D eigenvalue weighted by molar-refractivity contribution is 5.93. The van der Waals surface area contributed by atoms with Crippen molar-refractivity contribution in [2.75, 3.05) is 19.6 Å². The van der Waals surface area contributed by atoms with E-state index >= 15 is 0 Å². The van der Waals surface area contributed by atoms with Gasteiger partial charge in [-0.1, -0.05) is 44.2 Å². The van der Waals surface area contributed by atoms with Gasteiger partial charge in [0.05, 0.1) is 6.04 Å². The van der Waals surface area contributed by atoms with Crippen molar-refractivity contribution in [1.82, 2.24) is 15.5 Å². The number of rotatable bonds is 14. The fraction of sp³-hybridized carbons (Fsp3) is 0.630. The van der Waals surface area contributed by atoms with Gasteiger partial charge in [-0.2, -0.15) is 0 Å². The maximum absolute atomic E-state index is 13.4. The Morgan fingerprint density at radius 1 is 1.00 bits per heavy atom. The Hall–Kier alpha value is -3.02. The topological polar surface area (TPSA) is 194 Å². The lowest BCUT2D eigenvalue weighted by molar-refractivity contribution is -0.148. The first kappa shape index (κ1) is 31.2. The average Bonchev–Trinajstić information content (AvgIpc) is 2.88. The van der Waals surface area contributed by atoms with Gasteiger partial charge in [-0.05, 0) is 63.0 Å². The van der Waals surface area contributed by atoms with E-state index in [4.69, 9.17) is 17.2 Å². The van der Waals surface area contributed by atoms with Crippen LogP contribution in [-0.4, -0.2) is 77.0 Å². The second-order valence-corrected chi connectivity index (χ2v) is 10.6. The van der Waals surface area contributed by atoms with Crippen LogP contribution in [0.4, 0.5) is 0 Å². The van der Waals surface area contributed by atoms with E-state index in [1.54, 1.807) is 4.90 Å². The molecule has 1 fully saturated rings. The fourth-order valence-corrected chi connectivity index (χ4v) is 4.53. The SMILES string of the molecule is CC(C)C[C@@H](NC(=O)[C@H](N)Cc1ccccc1)C(=O)N[C@H](CCCCN)C(=O)N1CCC(N)(C(=O)O)CC1. The van der Waals surface area contributed by atoms with Gasteiger partial charge < -0.3 is 37.8 Å². The lowest BCUT2D eigenvalue weighted by Gasteiger charge is -2.38. The van der Waals surface area contributed by atoms with E-state index in [-0.39, 0.29) is 37.8 Å². The lowest BCUT2D eigenvalue weighted by Crippen LogP contribution is -2.60. The first-order valence-corrected chi connectivity index (χ1v) is 13.4. The van der Waals surface area contributed by atoms with Crippen LogP contribution in [0.25, 0.3) is 0 Å². The number of nitrogens with zero attached hydrogens (tertiary/aromatic N) is 1. The van der Waals surface area contributed by atoms with Crippen molar-refractivity contribution in [3.8, 4) is 0 Å². The lowest BCUT2D eigenvalue weighted by atomic mass is 9.88. The molecule has 212 valence electrons. The molecule has 11 heteroatoms. The summed E-state index contributed by atoms with van der Waals surface area (Å²) < 4.78 is 0. The minimum Gasteiger partial charge on any atom is -0.480 e. The van der Waals surface area contributed by atoms with Crippen molar-refractivity contribution < 1.29 is 24.3 Å². The summed E-state index contributed by atoms with van der Waals surface area (Å²) in [7, 11) is 0. The zero-order valence-electron chi connectivity index (χ0n) is 22.5. The van der Waals surface area contributed by atoms with Crippen LogP contribution in [0.5, 0.6) is 0 Å². The molecule has 0 saturated carbocycles. The second-order valence-electron chi connectivity index (χ2n) is 10.6. The molecule has 1 aliphatic rings. The number of benzene rings is 1. The van der Waals surface area contributed by atoms with Gasteiger partial charge in [0.1, 0.15) is 17.6 Å². The van der Waals surface area contributed by atoms with Gasteiger partial charge in [0.15, 0.2) is 0 Å². The number of likely N-dealkylation sites (tertiary alicyclic amines) is 1. The summed E-state index contributed by atoms with van der Waals surface area (Å²) in [5.41, 5.74) is 17.3. The van der Waals surface area contributed by atoms with E-state index in [0.717, 1.165) is 5.56 Å². The Bertz CT molecular complexity index is 933. The van der Waals surface area contributed by atoms with E-state index in [0.29, 0.717) is 38.6 Å². The highest BCUT2D eigenvalue weighted by Gasteiger charge is 2.40. The summed E-state index contributed by atoms with van der Waals surface area (Å²) in [6, 6.07) is 6.87. The highest BCUT2D eigenvalue weighted by Crippen LogP contribution is 2.21. The third-order valence-corrected chi connectivity index (χ3v) is 6.93. The zero-order chi connectivity index (χ0) is 28.3. The molecule has 3 atom stereocenters. The molecule has 0 spiro atoms. The molecule has 1 aliphatic heterocycles. The zero-order valence-corrected chi connectivity index (χ0v) is 22.5. The molecule has 0 aliphatic carbocycles. The molecule has 0 unspecified atom stereocenters. The monoisotopic (exact) mass is 532 g/mol. The van der Waals surface area contributed by atoms with Crippen LogP contribution in [-0.2, 0) is 25.6 Å². The molecule has 38 heavy (non-hydrogen) atoms. The predicted octanol–water partition coefficient (Wildman–Crippen LogP) is 0.106. The largest absolute Gasteiger partial charge is 0.480 e. The van der Waals surface area contributed by atoms with Gasteiger partial charge in [0.2, 0.25) is 17.7 Å². The number of nitrogens with one attached hydrogen (secondary N) is 2. The summed E-state index contributed by atoms with van der Waals surface area (Å²) in [5, 5.41) is 15.0. The molecule has 11 nitrogen and oxygen atoms in total. The van der Waals surface area contributed by atoms with Gasteiger partial charge in [-0.25, -0.2) is 0 Å². The number of carboxylic acid groups (broad SMARTS) is 1. The Balaban J connectivity index is 2.09. The number of carboxylic acids is 1. The maximum Gasteiger partial charge on any atom is 0.323 e. The maximum atomic E-state index is 13.4. The molecule has 2 rings (SSSR count). The minimum absolute atomic E-state index is 0.0959. The van der Waals surface area contributed by atoms with Crippen molar-refractivity contribution in [2.24, 2.45) is 23.1 Å². The van der Waals surface area contributed by atoms with Crippen LogP contribution < -0.4 is 27.8 Å². The standard InChI is InChI=1S/C27H44N6O5/c1-18(2)16-22(32-23(34)20(29)17-19-8-4-3-5-9-19)24(35)31-21(10-6-7-13-28)25(36)33-14-11-27(30,12-15-33)26(37)38/h3-5,8-9,18,20-22H,6-7,10-17,28-30H2,1-2H3,(H,31,35)(H,32,34)(H,37,38)/t20-,21-,22-/m1/s1. The third kappa shape index (κ3) is 9.38. The smallest absolute Gasteiger partial charge is 0.323 e. The van der Waals surface area contributed by atoms with Crippen LogP contribution in [0, 0.1) is 5.92 Å². The molecule has 0 radical (unpaired) electrons. The first-order valence-electron chi connectivity index (χ1n) is 13.4. The third-order valence-electron chi connectivity index (χ3n) is 6.93. The van der Waals surface area contributed by atoms with Crippen LogP contribution in [0.1, 0.15) is 57.9 Å². The summed E-state index contributed by atoms with van der Waals surface area (Å²) in [6.07, 6.45) is 2.64. The summed E-state index contributed by atoms with van der Waals surface area (Å²) in [6.45, 7) is 4.71. The summed E-state index contributed by atoms with van der Waals surface area (Å²) in [5.74, 6) is -2.18. The van der Waals surface area contributed by atoms with Gasteiger partial charge in [0, 0.05) is 13.1 Å². The Labute approximate surface area is 224 Å². The number of carbonyl (C=O) groups excluding carboxylic acids is 3. The molecule has 1 saturated heterocycles. The molecule has 1 heterocycles. The second kappa shape index (κ2) is 14.8. The average molecular weight is 533 g/mol. The van der Waals surface area contributed by atoms with E-state index in [9.17, 15) is 24.3 Å². The normalized spacial score (nSPS) is 17.4. The molecule has 0 bridgehead atoms. The Morgan fingerprint density at radius 2 is 1.61 bits per heavy atom. The van der Waals surface area contributed by atoms with Crippen LogP contribution >= 0.6 is 0 Å². The molecule has 3 amide bonds. The van der Waals surface area contributed by atoms with E-state index in [1.165, 1.54) is 0 Å². The van der Waals surface area contributed by atoms with Gasteiger partial charge >= 0.3 is 5.97 Å². The quantitative estimate of drug-likeness (QED) is 0.182. The van der Waals surface area contributed by atoms with E-state index < -0.39 is 41.4 Å². The molecule has 1 aromatic rings. The van der Waals surface area contributed by atoms with Crippen LogP contribution in [0.2, 0.25) is 0 Å². The van der Waals surface area contributed by atoms with Crippen molar-refractivity contribution in [3.05, 3.63) is 35.9 Å². The number of hydrogen-bond donors (Lipinski definition) is 6. The van der Waals surface area contributed by atoms with Crippen LogP contribution in [0.3, 0.4) is 0 Å². The Morgan fingerprint density at radius 3 is 2.16 bits per heavy atom. The molecular weight excluding hydrogens is 488 g/mol. The number of carbonyl (C=O) groups is 4. The molecule has 1 aromatic carbocycles. The van der Waals surface area contributed by atoms with E-state index in [1.807, 2.05) is 44.2 Å². The fourth-order valence-electron chi connectivity index (χ4n) is 4.53. The number of aliphatic carboxylic acids is 1. The molecular formula is C27H44N6O5. The first-order chi connectivity index (χ1) is 18.0. The van der Waals surface area contributed by atoms with Crippen molar-refractivity contribution in [1.29, 1.82) is 0 Å². The molecule has 9 N–H and O–H groups in total. The molecule has 0 aromatic heterocycles. The number of unbranched alkanes of at least 4 members (excludes halogenated alkanes) is 1. The minimum atomic E-state index is -1.36. The van der Waals surface area contributed by atoms with Crippen molar-refractivity contribution in [2.45, 2.75) is 82.5 Å². The number of piperidine rings is 1. The van der Waals surface area contributed by atoms with Crippen molar-refractivity contribution in [3.63, 3.8) is 0 Å². The highest BCUT2D eigenvalue weighted by atomic mass is 16.4. The predicted molar refractivity (Wildman–Crippen MR) is 145 cm³/mol. The number of nitrogens with two attached hydrogens (primary N) is 3.